The zero-order valence-corrected chi connectivity index (χ0v) is 27.5. The van der Waals surface area contributed by atoms with Crippen LogP contribution in [-0.4, -0.2) is 107 Å². The molecule has 6 rings (SSSR count). The van der Waals surface area contributed by atoms with Crippen molar-refractivity contribution in [1.82, 2.24) is 34.9 Å². The molecule has 244 valence electrons. The Hall–Kier alpha value is -4.03. The molecule has 0 amide bonds. The molecule has 2 aliphatic heterocycles. The lowest BCUT2D eigenvalue weighted by atomic mass is 10.0. The zero-order valence-electron chi connectivity index (χ0n) is 27.5. The molecular formula is C35H47N9O2. The highest BCUT2D eigenvalue weighted by Crippen LogP contribution is 2.36. The van der Waals surface area contributed by atoms with Crippen LogP contribution in [0.15, 0.2) is 60.9 Å². The van der Waals surface area contributed by atoms with Crippen molar-refractivity contribution in [3.05, 3.63) is 72.1 Å². The number of nitrogens with zero attached hydrogens (tertiary/aromatic N) is 7. The number of likely N-dealkylation sites (N-methyl/N-ethyl adjacent to an activating group) is 1. The first-order valence-electron chi connectivity index (χ1n) is 16.4. The third kappa shape index (κ3) is 7.33. The molecule has 0 saturated carbocycles. The first-order valence-corrected chi connectivity index (χ1v) is 16.4. The van der Waals surface area contributed by atoms with Crippen molar-refractivity contribution >= 4 is 17.3 Å². The van der Waals surface area contributed by atoms with Crippen molar-refractivity contribution in [3.8, 4) is 22.8 Å². The summed E-state index contributed by atoms with van der Waals surface area (Å²) in [5, 5.41) is 21.2. The lowest BCUT2D eigenvalue weighted by Crippen LogP contribution is -2.52. The number of hydrogen-bond acceptors (Lipinski definition) is 10. The van der Waals surface area contributed by atoms with Crippen molar-refractivity contribution < 1.29 is 9.84 Å². The van der Waals surface area contributed by atoms with Crippen LogP contribution in [0.1, 0.15) is 30.9 Å². The van der Waals surface area contributed by atoms with Crippen LogP contribution in [0.5, 0.6) is 5.75 Å². The monoisotopic (exact) mass is 625 g/mol. The fourth-order valence-electron chi connectivity index (χ4n) is 6.45. The topological polar surface area (TPSA) is 107 Å². The molecule has 2 fully saturated rings. The van der Waals surface area contributed by atoms with E-state index in [-0.39, 0.29) is 12.6 Å². The van der Waals surface area contributed by atoms with Gasteiger partial charge in [0.25, 0.3) is 0 Å². The van der Waals surface area contributed by atoms with E-state index < -0.39 is 0 Å². The number of piperidine rings is 1. The van der Waals surface area contributed by atoms with E-state index in [9.17, 15) is 5.11 Å². The van der Waals surface area contributed by atoms with E-state index in [1.54, 1.807) is 18.0 Å². The van der Waals surface area contributed by atoms with E-state index in [1.807, 2.05) is 49.5 Å². The average Bonchev–Trinajstić information content (AvgIpc) is 3.53. The van der Waals surface area contributed by atoms with E-state index in [4.69, 9.17) is 14.8 Å². The lowest BCUT2D eigenvalue weighted by Gasteiger charge is -2.43. The van der Waals surface area contributed by atoms with Crippen LogP contribution in [0.2, 0.25) is 0 Å². The van der Waals surface area contributed by atoms with Crippen LogP contribution in [0.25, 0.3) is 17.1 Å². The van der Waals surface area contributed by atoms with E-state index in [0.29, 0.717) is 24.4 Å². The van der Waals surface area contributed by atoms with Crippen molar-refractivity contribution in [3.63, 3.8) is 0 Å². The van der Waals surface area contributed by atoms with Crippen LogP contribution < -0.4 is 20.3 Å². The van der Waals surface area contributed by atoms with Gasteiger partial charge in [-0.05, 0) is 45.4 Å². The number of nitrogens with one attached hydrogen (secondary N) is 2. The van der Waals surface area contributed by atoms with Gasteiger partial charge in [0.15, 0.2) is 5.82 Å². The van der Waals surface area contributed by atoms with Gasteiger partial charge in [0.1, 0.15) is 5.75 Å². The van der Waals surface area contributed by atoms with Gasteiger partial charge in [-0.1, -0.05) is 30.3 Å². The van der Waals surface area contributed by atoms with Gasteiger partial charge < -0.3 is 30.3 Å². The number of anilines is 3. The summed E-state index contributed by atoms with van der Waals surface area (Å²) in [5.41, 5.74) is 6.13. The molecule has 46 heavy (non-hydrogen) atoms. The number of aliphatic hydroxyl groups is 1. The minimum atomic E-state index is -0.0273. The molecule has 11 nitrogen and oxygen atoms in total. The number of ether oxygens (including phenoxy) is 1. The van der Waals surface area contributed by atoms with Crippen molar-refractivity contribution in [2.45, 2.75) is 45.3 Å². The van der Waals surface area contributed by atoms with Gasteiger partial charge >= 0.3 is 0 Å². The van der Waals surface area contributed by atoms with Crippen molar-refractivity contribution in [1.29, 1.82) is 0 Å². The maximum absolute atomic E-state index is 9.51. The zero-order chi connectivity index (χ0) is 32.0. The fourth-order valence-corrected chi connectivity index (χ4v) is 6.45. The minimum Gasteiger partial charge on any atom is -0.494 e. The number of benzene rings is 2. The SMILES string of the molecule is COc1cc(N2CCC(N3CCN(C)CC3)CC2)c(C)cc1Nc1nccc(-n2cc(CN[C@H](C)CO)c(-c3ccccc3)n2)n1. The molecule has 11 heteroatoms. The predicted molar refractivity (Wildman–Crippen MR) is 183 cm³/mol. The molecule has 0 radical (unpaired) electrons. The molecule has 4 aromatic rings. The predicted octanol–water partition coefficient (Wildman–Crippen LogP) is 4.08. The smallest absolute Gasteiger partial charge is 0.229 e. The van der Waals surface area contributed by atoms with Crippen LogP contribution in [0, 0.1) is 6.92 Å². The van der Waals surface area contributed by atoms with Crippen LogP contribution in [0.3, 0.4) is 0 Å². The van der Waals surface area contributed by atoms with Gasteiger partial charge in [0.05, 0.1) is 25.1 Å². The molecule has 0 bridgehead atoms. The Balaban J connectivity index is 1.18. The van der Waals surface area contributed by atoms with Crippen LogP contribution in [0.4, 0.5) is 17.3 Å². The number of piperazine rings is 1. The first kappa shape index (κ1) is 31.9. The second-order valence-electron chi connectivity index (χ2n) is 12.5. The molecule has 2 saturated heterocycles. The Morgan fingerprint density at radius 3 is 2.50 bits per heavy atom. The highest BCUT2D eigenvalue weighted by atomic mass is 16.5. The average molecular weight is 626 g/mol. The lowest BCUT2D eigenvalue weighted by molar-refractivity contribution is 0.0982. The molecular weight excluding hydrogens is 578 g/mol. The molecule has 1 atom stereocenters. The van der Waals surface area contributed by atoms with Crippen LogP contribution in [-0.2, 0) is 6.54 Å². The Morgan fingerprint density at radius 2 is 1.78 bits per heavy atom. The summed E-state index contributed by atoms with van der Waals surface area (Å²) in [5.74, 6) is 1.86. The minimum absolute atomic E-state index is 0.0273. The number of aromatic nitrogens is 4. The standard InChI is InChI=1S/C35H47N9O2/c1-25-20-30(32(46-4)21-31(25)43-14-11-29(12-15-43)42-18-16-41(3)17-19-42)38-35-36-13-10-33(39-35)44-23-28(22-37-26(2)24-45)34(40-44)27-8-6-5-7-9-27/h5-10,13,20-21,23,26,29,37,45H,11-12,14-19,22,24H2,1-4H3,(H,36,38,39)/t26-/m1/s1. The Labute approximate surface area is 272 Å². The summed E-state index contributed by atoms with van der Waals surface area (Å²) in [7, 11) is 3.92. The van der Waals surface area contributed by atoms with Crippen molar-refractivity contribution in [2.24, 2.45) is 0 Å². The first-order chi connectivity index (χ1) is 22.4. The normalized spacial score (nSPS) is 17.3. The molecule has 2 aromatic heterocycles. The molecule has 3 N–H and O–H groups in total. The van der Waals surface area contributed by atoms with E-state index in [1.165, 1.54) is 37.2 Å². The van der Waals surface area contributed by atoms with Gasteiger partial charge in [-0.15, -0.1) is 0 Å². The molecule has 0 aliphatic carbocycles. The van der Waals surface area contributed by atoms with Gasteiger partial charge in [-0.3, -0.25) is 4.90 Å². The summed E-state index contributed by atoms with van der Waals surface area (Å²) >= 11 is 0. The van der Waals surface area contributed by atoms with Gasteiger partial charge in [-0.25, -0.2) is 9.67 Å². The summed E-state index contributed by atoms with van der Waals surface area (Å²) in [6.07, 6.45) is 6.09. The third-order valence-corrected chi connectivity index (χ3v) is 9.25. The highest BCUT2D eigenvalue weighted by Gasteiger charge is 2.28. The highest BCUT2D eigenvalue weighted by molar-refractivity contribution is 5.71. The number of aliphatic hydroxyl groups excluding tert-OH is 1. The maximum Gasteiger partial charge on any atom is 0.229 e. The van der Waals surface area contributed by atoms with E-state index in [0.717, 1.165) is 54.4 Å². The molecule has 2 aliphatic rings. The van der Waals surface area contributed by atoms with Gasteiger partial charge in [-0.2, -0.15) is 10.1 Å². The van der Waals surface area contributed by atoms with Gasteiger partial charge in [0.2, 0.25) is 5.95 Å². The molecule has 0 spiro atoms. The summed E-state index contributed by atoms with van der Waals surface area (Å²) < 4.78 is 7.65. The van der Waals surface area contributed by atoms with E-state index in [2.05, 4.69) is 56.4 Å². The summed E-state index contributed by atoms with van der Waals surface area (Å²) in [6, 6.07) is 16.9. The summed E-state index contributed by atoms with van der Waals surface area (Å²) in [6.45, 7) is 11.5. The Morgan fingerprint density at radius 1 is 1.02 bits per heavy atom. The quantitative estimate of drug-likeness (QED) is 0.226. The molecule has 2 aromatic carbocycles. The Bertz CT molecular complexity index is 1580. The number of aryl methyl sites for hydroxylation is 1. The number of rotatable bonds is 11. The largest absolute Gasteiger partial charge is 0.494 e. The van der Waals surface area contributed by atoms with Gasteiger partial charge in [0, 0.05) is 99.2 Å². The van der Waals surface area contributed by atoms with Crippen molar-refractivity contribution in [2.75, 3.05) is 70.2 Å². The molecule has 4 heterocycles. The number of methoxy groups -OCH3 is 1. The second kappa shape index (κ2) is 14.6. The van der Waals surface area contributed by atoms with E-state index >= 15 is 0 Å². The fraction of sp³-hybridized carbons (Fsp3) is 0.457. The third-order valence-electron chi connectivity index (χ3n) is 9.25. The molecule has 0 unspecified atom stereocenters. The maximum atomic E-state index is 9.51. The van der Waals surface area contributed by atoms with Crippen LogP contribution >= 0.6 is 0 Å². The number of hydrogen-bond donors (Lipinski definition) is 3. The Kier molecular flexibility index (Phi) is 10.1. The summed E-state index contributed by atoms with van der Waals surface area (Å²) in [4.78, 5) is 16.9. The second-order valence-corrected chi connectivity index (χ2v) is 12.5.